The molecule has 0 aliphatic rings. The summed E-state index contributed by atoms with van der Waals surface area (Å²) in [6, 6.07) is 1.69. The van der Waals surface area contributed by atoms with Crippen molar-refractivity contribution >= 4 is 39.3 Å². The molecule has 0 atom stereocenters. The number of phenolic OH excluding ortho intramolecular Hbond substituents is 1. The topological polar surface area (TPSA) is 81.3 Å². The lowest BCUT2D eigenvalue weighted by atomic mass is 9.95. The van der Waals surface area contributed by atoms with Crippen molar-refractivity contribution in [3.8, 4) is 11.5 Å². The van der Waals surface area contributed by atoms with E-state index in [9.17, 15) is 5.11 Å². The Hall–Kier alpha value is -1.31. The molecule has 1 aromatic carbocycles. The van der Waals surface area contributed by atoms with Crippen molar-refractivity contribution in [3.05, 3.63) is 15.5 Å². The molecule has 0 amide bonds. The molecular formula is C14H18IN3O2. The van der Waals surface area contributed by atoms with Gasteiger partial charge in [-0.1, -0.05) is 20.8 Å². The number of hydrogen-bond donors (Lipinski definition) is 2. The van der Waals surface area contributed by atoms with Gasteiger partial charge in [0, 0.05) is 10.8 Å². The van der Waals surface area contributed by atoms with E-state index < -0.39 is 0 Å². The quantitative estimate of drug-likeness (QED) is 0.774. The van der Waals surface area contributed by atoms with Gasteiger partial charge in [0.25, 0.3) is 0 Å². The lowest BCUT2D eigenvalue weighted by Gasteiger charge is -2.18. The van der Waals surface area contributed by atoms with Crippen LogP contribution < -0.4 is 10.5 Å². The summed E-state index contributed by atoms with van der Waals surface area (Å²) in [5, 5.41) is 10.9. The first-order chi connectivity index (χ1) is 9.25. The number of nitrogen functional groups attached to an aromatic ring is 1. The molecule has 20 heavy (non-hydrogen) atoms. The third kappa shape index (κ3) is 2.61. The number of anilines is 1. The average molecular weight is 387 g/mol. The lowest BCUT2D eigenvalue weighted by Crippen LogP contribution is -2.17. The molecule has 108 valence electrons. The van der Waals surface area contributed by atoms with Gasteiger partial charge in [-0.05, 0) is 35.6 Å². The zero-order valence-electron chi connectivity index (χ0n) is 12.0. The molecule has 5 nitrogen and oxygen atoms in total. The molecule has 1 heterocycles. The van der Waals surface area contributed by atoms with Crippen molar-refractivity contribution < 1.29 is 9.84 Å². The Bertz CT molecular complexity index is 666. The first kappa shape index (κ1) is 15.1. The Morgan fingerprint density at radius 3 is 2.55 bits per heavy atom. The van der Waals surface area contributed by atoms with Gasteiger partial charge in [0.2, 0.25) is 0 Å². The van der Waals surface area contributed by atoms with Gasteiger partial charge in [0.15, 0.2) is 11.5 Å². The molecule has 0 fully saturated rings. The molecule has 2 aromatic rings. The van der Waals surface area contributed by atoms with Gasteiger partial charge in [-0.25, -0.2) is 9.97 Å². The predicted molar refractivity (Wildman–Crippen MR) is 88.2 cm³/mol. The summed E-state index contributed by atoms with van der Waals surface area (Å²) in [6.45, 7) is 8.40. The van der Waals surface area contributed by atoms with Crippen LogP contribution in [0.15, 0.2) is 6.07 Å². The third-order valence-electron chi connectivity index (χ3n) is 2.87. The number of halogens is 1. The van der Waals surface area contributed by atoms with Crippen molar-refractivity contribution in [1.29, 1.82) is 0 Å². The summed E-state index contributed by atoms with van der Waals surface area (Å²) in [6.07, 6.45) is 0. The minimum absolute atomic E-state index is 0.0953. The van der Waals surface area contributed by atoms with Crippen molar-refractivity contribution in [2.24, 2.45) is 0 Å². The number of phenols is 1. The number of ether oxygens (including phenoxy) is 1. The second kappa shape index (κ2) is 5.23. The van der Waals surface area contributed by atoms with Gasteiger partial charge >= 0.3 is 0 Å². The minimum Gasteiger partial charge on any atom is -0.503 e. The van der Waals surface area contributed by atoms with E-state index in [0.29, 0.717) is 38.5 Å². The van der Waals surface area contributed by atoms with Gasteiger partial charge in [0.05, 0.1) is 15.7 Å². The highest BCUT2D eigenvalue weighted by Gasteiger charge is 2.22. The number of benzene rings is 1. The van der Waals surface area contributed by atoms with Crippen LogP contribution in [0.5, 0.6) is 11.5 Å². The fourth-order valence-corrected chi connectivity index (χ4v) is 2.49. The van der Waals surface area contributed by atoms with Gasteiger partial charge in [-0.15, -0.1) is 0 Å². The Labute approximate surface area is 131 Å². The standard InChI is InChI=1S/C14H18IN3O2/c1-5-20-8-6-7-10(9(15)11(8)19)17-13(14(2,3)4)18-12(7)16/h6,19H,5H2,1-4H3,(H2,16,17,18). The number of nitrogens with two attached hydrogens (primary N) is 1. The Morgan fingerprint density at radius 2 is 2.00 bits per heavy atom. The zero-order chi connectivity index (χ0) is 15.1. The number of aromatic hydroxyl groups is 1. The van der Waals surface area contributed by atoms with E-state index in [-0.39, 0.29) is 11.2 Å². The summed E-state index contributed by atoms with van der Waals surface area (Å²) in [7, 11) is 0. The zero-order valence-corrected chi connectivity index (χ0v) is 14.1. The van der Waals surface area contributed by atoms with Crippen LogP contribution in [-0.4, -0.2) is 21.7 Å². The Balaban J connectivity index is 2.79. The van der Waals surface area contributed by atoms with Crippen molar-refractivity contribution in [3.63, 3.8) is 0 Å². The fraction of sp³-hybridized carbons (Fsp3) is 0.429. The van der Waals surface area contributed by atoms with Gasteiger partial charge in [0.1, 0.15) is 11.6 Å². The molecule has 2 rings (SSSR count). The second-order valence-electron chi connectivity index (χ2n) is 5.55. The summed E-state index contributed by atoms with van der Waals surface area (Å²) in [4.78, 5) is 8.93. The summed E-state index contributed by atoms with van der Waals surface area (Å²) < 4.78 is 6.04. The summed E-state index contributed by atoms with van der Waals surface area (Å²) >= 11 is 2.05. The molecule has 0 radical (unpaired) electrons. The molecule has 6 heteroatoms. The van der Waals surface area contributed by atoms with Crippen LogP contribution in [0, 0.1) is 3.57 Å². The maximum absolute atomic E-state index is 10.2. The highest BCUT2D eigenvalue weighted by molar-refractivity contribution is 14.1. The van der Waals surface area contributed by atoms with Crippen LogP contribution in [0.25, 0.3) is 10.9 Å². The Kier molecular flexibility index (Phi) is 3.95. The van der Waals surface area contributed by atoms with Crippen LogP contribution in [0.4, 0.5) is 5.82 Å². The van der Waals surface area contributed by atoms with Crippen LogP contribution in [0.1, 0.15) is 33.5 Å². The van der Waals surface area contributed by atoms with E-state index in [2.05, 4.69) is 32.6 Å². The monoisotopic (exact) mass is 387 g/mol. The van der Waals surface area contributed by atoms with Crippen LogP contribution in [-0.2, 0) is 5.41 Å². The van der Waals surface area contributed by atoms with Crippen molar-refractivity contribution in [2.45, 2.75) is 33.1 Å². The third-order valence-corrected chi connectivity index (χ3v) is 3.89. The first-order valence-corrected chi connectivity index (χ1v) is 7.45. The van der Waals surface area contributed by atoms with E-state index >= 15 is 0 Å². The van der Waals surface area contributed by atoms with Crippen LogP contribution in [0.3, 0.4) is 0 Å². The van der Waals surface area contributed by atoms with Crippen molar-refractivity contribution in [1.82, 2.24) is 9.97 Å². The predicted octanol–water partition coefficient (Wildman–Crippen LogP) is 3.22. The molecule has 0 unspecified atom stereocenters. The smallest absolute Gasteiger partial charge is 0.173 e. The molecule has 0 saturated heterocycles. The molecule has 0 aliphatic heterocycles. The van der Waals surface area contributed by atoms with Crippen LogP contribution in [0.2, 0.25) is 0 Å². The van der Waals surface area contributed by atoms with E-state index in [4.69, 9.17) is 10.5 Å². The number of rotatable bonds is 2. The lowest BCUT2D eigenvalue weighted by molar-refractivity contribution is 0.318. The highest BCUT2D eigenvalue weighted by atomic mass is 127. The molecule has 1 aromatic heterocycles. The second-order valence-corrected chi connectivity index (χ2v) is 6.63. The first-order valence-electron chi connectivity index (χ1n) is 6.37. The van der Waals surface area contributed by atoms with Crippen LogP contribution >= 0.6 is 22.6 Å². The average Bonchev–Trinajstić information content (AvgIpc) is 2.35. The molecule has 0 bridgehead atoms. The largest absolute Gasteiger partial charge is 0.503 e. The maximum atomic E-state index is 10.2. The van der Waals surface area contributed by atoms with Gasteiger partial charge < -0.3 is 15.6 Å². The van der Waals surface area contributed by atoms with E-state index in [1.165, 1.54) is 0 Å². The fourth-order valence-electron chi connectivity index (χ4n) is 1.82. The molecule has 0 spiro atoms. The van der Waals surface area contributed by atoms with E-state index in [1.54, 1.807) is 6.07 Å². The molecular weight excluding hydrogens is 369 g/mol. The SMILES string of the molecule is CCOc1cc2c(N)nc(C(C)(C)C)nc2c(I)c1O. The number of fused-ring (bicyclic) bond motifs is 1. The number of hydrogen-bond acceptors (Lipinski definition) is 5. The molecule has 0 saturated carbocycles. The molecule has 0 aliphatic carbocycles. The highest BCUT2D eigenvalue weighted by Crippen LogP contribution is 2.39. The minimum atomic E-state index is -0.209. The maximum Gasteiger partial charge on any atom is 0.173 e. The van der Waals surface area contributed by atoms with Gasteiger partial charge in [-0.3, -0.25) is 0 Å². The van der Waals surface area contributed by atoms with Crippen molar-refractivity contribution in [2.75, 3.05) is 12.3 Å². The molecule has 3 N–H and O–H groups in total. The Morgan fingerprint density at radius 1 is 1.35 bits per heavy atom. The summed E-state index contributed by atoms with van der Waals surface area (Å²) in [5.74, 6) is 1.56. The van der Waals surface area contributed by atoms with Gasteiger partial charge in [-0.2, -0.15) is 0 Å². The number of aromatic nitrogens is 2. The normalized spacial score (nSPS) is 11.8. The number of nitrogens with zero attached hydrogens (tertiary/aromatic N) is 2. The van der Waals surface area contributed by atoms with E-state index in [0.717, 1.165) is 0 Å². The van der Waals surface area contributed by atoms with E-state index in [1.807, 2.05) is 27.7 Å². The summed E-state index contributed by atoms with van der Waals surface area (Å²) in [5.41, 5.74) is 6.49.